The number of carbonyl (C=O) groups excluding carboxylic acids is 5. The van der Waals surface area contributed by atoms with Gasteiger partial charge in [0.15, 0.2) is 0 Å². The number of ether oxygens (including phenoxy) is 3. The number of methoxy groups -OCH3 is 2. The normalized spacial score (nSPS) is 17.2. The Hall–Kier alpha value is -6.83. The zero-order chi connectivity index (χ0) is 45.6. The van der Waals surface area contributed by atoms with Crippen LogP contribution in [0, 0.1) is 23.7 Å². The largest absolute Gasteiger partial charge is 0.453 e. The molecule has 2 aromatic heterocycles. The number of likely N-dealkylation sites (tertiary alicyclic amines) is 1. The van der Waals surface area contributed by atoms with Crippen LogP contribution >= 0.6 is 0 Å². The van der Waals surface area contributed by atoms with Crippen LogP contribution in [0.15, 0.2) is 60.9 Å². The Labute approximate surface area is 367 Å². The molecule has 2 aliphatic heterocycles. The van der Waals surface area contributed by atoms with Crippen LogP contribution in [-0.2, 0) is 23.8 Å². The fourth-order valence-electron chi connectivity index (χ4n) is 7.55. The molecule has 2 saturated heterocycles. The van der Waals surface area contributed by atoms with Gasteiger partial charge in [-0.3, -0.25) is 14.5 Å². The lowest BCUT2D eigenvalue weighted by molar-refractivity contribution is -0.136. The van der Waals surface area contributed by atoms with Crippen LogP contribution in [-0.4, -0.2) is 116 Å². The zero-order valence-electron chi connectivity index (χ0n) is 37.3. The standard InChI is InChI=1S/C46H57N9O8/c1-27(2)37(51-43(58)61-8)41(56)54-22-10-11-35(54)39-47-23-33(49-39)31-18-14-29(15-19-31)12-13-30-16-20-32(21-17-30)34-24-48-40(50-34)36-25-53(45(60)63-46(5,6)7)26-55(36)42(57)38(28(3)4)52-44(59)62-9/h14-21,23-24,27-28,35-38H,10-11,22,25-26H2,1-9H3,(H,47,49)(H,48,50)(H,51,58)(H,52,59). The number of nitrogens with one attached hydrogen (secondary N) is 4. The summed E-state index contributed by atoms with van der Waals surface area (Å²) in [6.07, 6.45) is 3.10. The summed E-state index contributed by atoms with van der Waals surface area (Å²) in [6, 6.07) is 13.0. The third-order valence-electron chi connectivity index (χ3n) is 10.9. The van der Waals surface area contributed by atoms with E-state index in [1.165, 1.54) is 24.0 Å². The molecule has 0 radical (unpaired) electrons. The highest BCUT2D eigenvalue weighted by molar-refractivity contribution is 5.87. The summed E-state index contributed by atoms with van der Waals surface area (Å²) in [5.41, 5.74) is 4.18. The first-order chi connectivity index (χ1) is 30.0. The topological polar surface area (TPSA) is 204 Å². The van der Waals surface area contributed by atoms with Crippen LogP contribution in [0.4, 0.5) is 14.4 Å². The fraction of sp³-hybridized carbons (Fsp3) is 0.457. The summed E-state index contributed by atoms with van der Waals surface area (Å²) in [5, 5.41) is 5.32. The maximum absolute atomic E-state index is 14.0. The number of carbonyl (C=O) groups is 5. The van der Waals surface area contributed by atoms with E-state index in [0.717, 1.165) is 40.8 Å². The van der Waals surface area contributed by atoms with Gasteiger partial charge in [-0.1, -0.05) is 63.8 Å². The molecule has 334 valence electrons. The van der Waals surface area contributed by atoms with Crippen molar-refractivity contribution in [2.75, 3.05) is 34.0 Å². The monoisotopic (exact) mass is 863 g/mol. The molecular weight excluding hydrogens is 807 g/mol. The van der Waals surface area contributed by atoms with Gasteiger partial charge in [0.1, 0.15) is 35.4 Å². The lowest BCUT2D eigenvalue weighted by Gasteiger charge is -2.30. The van der Waals surface area contributed by atoms with Crippen LogP contribution < -0.4 is 10.6 Å². The highest BCUT2D eigenvalue weighted by Gasteiger charge is 2.43. The average molecular weight is 864 g/mol. The summed E-state index contributed by atoms with van der Waals surface area (Å²) < 4.78 is 15.1. The van der Waals surface area contributed by atoms with E-state index in [-0.39, 0.29) is 42.9 Å². The van der Waals surface area contributed by atoms with Crippen molar-refractivity contribution in [1.29, 1.82) is 0 Å². The summed E-state index contributed by atoms with van der Waals surface area (Å²) in [4.78, 5) is 85.6. The minimum atomic E-state index is -0.902. The van der Waals surface area contributed by atoms with Crippen molar-refractivity contribution in [2.24, 2.45) is 11.8 Å². The molecule has 2 fully saturated rings. The van der Waals surface area contributed by atoms with Gasteiger partial charge in [-0.05, 0) is 80.8 Å². The molecule has 4 atom stereocenters. The minimum Gasteiger partial charge on any atom is -0.453 e. The first-order valence-corrected chi connectivity index (χ1v) is 21.1. The fourth-order valence-corrected chi connectivity index (χ4v) is 7.55. The number of rotatable bonds is 10. The molecule has 0 spiro atoms. The Kier molecular flexibility index (Phi) is 14.1. The van der Waals surface area contributed by atoms with Crippen molar-refractivity contribution in [3.05, 3.63) is 83.7 Å². The van der Waals surface area contributed by atoms with E-state index in [4.69, 9.17) is 14.2 Å². The lowest BCUT2D eigenvalue weighted by atomic mass is 10.0. The maximum Gasteiger partial charge on any atom is 0.411 e. The summed E-state index contributed by atoms with van der Waals surface area (Å²) in [6.45, 7) is 13.4. The average Bonchev–Trinajstić information content (AvgIpc) is 4.09. The number of hydrogen-bond acceptors (Lipinski definition) is 10. The molecule has 0 aliphatic carbocycles. The van der Waals surface area contributed by atoms with Crippen LogP contribution in [0.25, 0.3) is 22.5 Å². The molecule has 17 heteroatoms. The number of nitrogens with zero attached hydrogens (tertiary/aromatic N) is 5. The second kappa shape index (κ2) is 19.5. The van der Waals surface area contributed by atoms with Gasteiger partial charge in [-0.15, -0.1) is 0 Å². The predicted octanol–water partition coefficient (Wildman–Crippen LogP) is 6.37. The van der Waals surface area contributed by atoms with Crippen molar-refractivity contribution in [2.45, 2.75) is 91.1 Å². The molecule has 4 heterocycles. The molecule has 4 unspecified atom stereocenters. The molecule has 2 aliphatic rings. The number of H-pyrrole nitrogens is 2. The Morgan fingerprint density at radius 1 is 0.714 bits per heavy atom. The van der Waals surface area contributed by atoms with E-state index in [2.05, 4.69) is 42.4 Å². The van der Waals surface area contributed by atoms with Gasteiger partial charge in [-0.25, -0.2) is 24.4 Å². The van der Waals surface area contributed by atoms with Gasteiger partial charge in [-0.2, -0.15) is 0 Å². The number of aromatic nitrogens is 4. The molecular formula is C46H57N9O8. The van der Waals surface area contributed by atoms with E-state index in [1.54, 1.807) is 38.1 Å². The molecule has 0 saturated carbocycles. The van der Waals surface area contributed by atoms with Crippen molar-refractivity contribution in [3.63, 3.8) is 0 Å². The minimum absolute atomic E-state index is 0.0533. The Balaban J connectivity index is 1.12. The molecule has 4 aromatic rings. The van der Waals surface area contributed by atoms with Crippen molar-refractivity contribution in [3.8, 4) is 34.4 Å². The Morgan fingerprint density at radius 2 is 1.17 bits per heavy atom. The number of hydrogen-bond donors (Lipinski definition) is 4. The second-order valence-corrected chi connectivity index (χ2v) is 17.3. The van der Waals surface area contributed by atoms with Crippen molar-refractivity contribution in [1.82, 2.24) is 45.3 Å². The molecule has 6 rings (SSSR count). The van der Waals surface area contributed by atoms with Crippen LogP contribution in [0.1, 0.15) is 96.2 Å². The summed E-state index contributed by atoms with van der Waals surface area (Å²) >= 11 is 0. The number of imidazole rings is 2. The van der Waals surface area contributed by atoms with Crippen molar-refractivity contribution >= 4 is 30.1 Å². The first-order valence-electron chi connectivity index (χ1n) is 21.1. The van der Waals surface area contributed by atoms with E-state index in [0.29, 0.717) is 23.9 Å². The highest BCUT2D eigenvalue weighted by atomic mass is 16.6. The van der Waals surface area contributed by atoms with Gasteiger partial charge in [0, 0.05) is 17.7 Å². The van der Waals surface area contributed by atoms with Crippen molar-refractivity contribution < 1.29 is 38.2 Å². The maximum atomic E-state index is 14.0. The summed E-state index contributed by atoms with van der Waals surface area (Å²) in [5.74, 6) is 6.69. The van der Waals surface area contributed by atoms with Crippen LogP contribution in [0.3, 0.4) is 0 Å². The smallest absolute Gasteiger partial charge is 0.411 e. The highest BCUT2D eigenvalue weighted by Crippen LogP contribution is 2.34. The van der Waals surface area contributed by atoms with E-state index >= 15 is 0 Å². The number of alkyl carbamates (subject to hydrolysis) is 2. The van der Waals surface area contributed by atoms with E-state index < -0.39 is 42.0 Å². The van der Waals surface area contributed by atoms with Gasteiger partial charge in [0.25, 0.3) is 0 Å². The third kappa shape index (κ3) is 11.0. The second-order valence-electron chi connectivity index (χ2n) is 17.3. The van der Waals surface area contributed by atoms with Crippen LogP contribution in [0.5, 0.6) is 0 Å². The molecule has 0 bridgehead atoms. The Morgan fingerprint density at radius 3 is 1.62 bits per heavy atom. The molecule has 4 N–H and O–H groups in total. The molecule has 2 aromatic carbocycles. The van der Waals surface area contributed by atoms with Gasteiger partial charge in [0.05, 0.1) is 57.3 Å². The van der Waals surface area contributed by atoms with Gasteiger partial charge in [0.2, 0.25) is 11.8 Å². The summed E-state index contributed by atoms with van der Waals surface area (Å²) in [7, 11) is 2.51. The first kappa shape index (κ1) is 45.7. The predicted molar refractivity (Wildman–Crippen MR) is 233 cm³/mol. The molecule has 5 amide bonds. The number of amides is 5. The number of benzene rings is 2. The van der Waals surface area contributed by atoms with Gasteiger partial charge >= 0.3 is 18.3 Å². The van der Waals surface area contributed by atoms with Gasteiger partial charge < -0.3 is 44.6 Å². The molecule has 17 nitrogen and oxygen atoms in total. The lowest BCUT2D eigenvalue weighted by Crippen LogP contribution is -2.51. The van der Waals surface area contributed by atoms with E-state index in [1.807, 2.05) is 76.2 Å². The molecule has 63 heavy (non-hydrogen) atoms. The number of aromatic amines is 2. The zero-order valence-corrected chi connectivity index (χ0v) is 37.3. The Bertz CT molecular complexity index is 2340. The third-order valence-corrected chi connectivity index (χ3v) is 10.9. The quantitative estimate of drug-likeness (QED) is 0.102. The SMILES string of the molecule is COC(=O)NC(C(=O)N1CCCC1c1ncc(-c2ccc(C#Cc3ccc(-c4cnc(C5CN(C(=O)OC(C)(C)C)CN5C(=O)C(NC(=O)OC)C(C)C)[nH]4)cc3)cc2)[nH]1)C(C)C. The van der Waals surface area contributed by atoms with Crippen LogP contribution in [0.2, 0.25) is 0 Å². The van der Waals surface area contributed by atoms with E-state index in [9.17, 15) is 24.0 Å².